The Hall–Kier alpha value is -3.63. The molecule has 1 atom stereocenters. The first-order valence-corrected chi connectivity index (χ1v) is 9.53. The zero-order valence-electron chi connectivity index (χ0n) is 16.9. The maximum atomic E-state index is 12.7. The van der Waals surface area contributed by atoms with Crippen LogP contribution in [0.1, 0.15) is 30.2 Å². The Balaban J connectivity index is 1.49. The second-order valence-corrected chi connectivity index (χ2v) is 7.39. The Morgan fingerprint density at radius 2 is 2.03 bits per heavy atom. The molecule has 2 N–H and O–H groups in total. The van der Waals surface area contributed by atoms with E-state index in [4.69, 9.17) is 4.42 Å². The normalized spacial score (nSPS) is 16.6. The summed E-state index contributed by atoms with van der Waals surface area (Å²) in [6.45, 7) is 2.08. The summed E-state index contributed by atoms with van der Waals surface area (Å²) in [5.41, 5.74) is -0.560. The average molecular weight is 414 g/mol. The number of aromatic amines is 1. The minimum atomic E-state index is -0.607. The van der Waals surface area contributed by atoms with Gasteiger partial charge in [0.2, 0.25) is 11.8 Å². The van der Waals surface area contributed by atoms with Gasteiger partial charge in [-0.05, 0) is 25.5 Å². The highest BCUT2D eigenvalue weighted by Crippen LogP contribution is 2.22. The van der Waals surface area contributed by atoms with E-state index in [1.807, 2.05) is 13.0 Å². The molecule has 1 unspecified atom stereocenters. The number of rotatable bonds is 5. The van der Waals surface area contributed by atoms with E-state index in [0.717, 1.165) is 10.3 Å². The summed E-state index contributed by atoms with van der Waals surface area (Å²) in [7, 11) is 2.91. The van der Waals surface area contributed by atoms with Crippen LogP contribution < -0.4 is 16.6 Å². The molecule has 158 valence electrons. The van der Waals surface area contributed by atoms with Crippen LogP contribution in [-0.4, -0.2) is 41.9 Å². The molecule has 1 aliphatic rings. The Kier molecular flexibility index (Phi) is 4.80. The molecule has 0 spiro atoms. The zero-order valence-corrected chi connectivity index (χ0v) is 16.9. The minimum absolute atomic E-state index is 0.0310. The van der Waals surface area contributed by atoms with Crippen LogP contribution in [0, 0.1) is 6.92 Å². The first kappa shape index (κ1) is 19.7. The second kappa shape index (κ2) is 7.32. The summed E-state index contributed by atoms with van der Waals surface area (Å²) in [6.07, 6.45) is 0.708. The van der Waals surface area contributed by atoms with Crippen molar-refractivity contribution in [1.29, 1.82) is 0 Å². The van der Waals surface area contributed by atoms with E-state index in [1.165, 1.54) is 23.6 Å². The number of imidazole rings is 1. The number of furan rings is 1. The molecule has 0 aromatic carbocycles. The predicted octanol–water partition coefficient (Wildman–Crippen LogP) is -0.331. The number of likely N-dealkylation sites (tertiary alicyclic amines) is 1. The monoisotopic (exact) mass is 414 g/mol. The third-order valence-corrected chi connectivity index (χ3v) is 5.33. The number of aromatic nitrogens is 4. The van der Waals surface area contributed by atoms with Crippen molar-refractivity contribution in [2.45, 2.75) is 38.9 Å². The third-order valence-electron chi connectivity index (χ3n) is 5.33. The Bertz CT molecular complexity index is 1260. The SMILES string of the molecule is Cc1ccc(CN2C(=O)CCC2C(=O)NCc2nc3c([nH]2)c(=O)n(C)c(=O)n3C)o1. The van der Waals surface area contributed by atoms with Crippen molar-refractivity contribution in [3.63, 3.8) is 0 Å². The van der Waals surface area contributed by atoms with E-state index in [1.54, 1.807) is 6.07 Å². The van der Waals surface area contributed by atoms with Crippen LogP contribution in [0.3, 0.4) is 0 Å². The molecule has 2 amide bonds. The van der Waals surface area contributed by atoms with Crippen LogP contribution in [0.4, 0.5) is 0 Å². The maximum absolute atomic E-state index is 12.7. The lowest BCUT2D eigenvalue weighted by atomic mass is 10.2. The van der Waals surface area contributed by atoms with E-state index in [2.05, 4.69) is 15.3 Å². The van der Waals surface area contributed by atoms with E-state index in [9.17, 15) is 19.2 Å². The van der Waals surface area contributed by atoms with Crippen molar-refractivity contribution >= 4 is 23.0 Å². The van der Waals surface area contributed by atoms with Gasteiger partial charge >= 0.3 is 5.69 Å². The van der Waals surface area contributed by atoms with Crippen LogP contribution >= 0.6 is 0 Å². The molecule has 1 aliphatic heterocycles. The topological polar surface area (TPSA) is 135 Å². The summed E-state index contributed by atoms with van der Waals surface area (Å²) < 4.78 is 7.78. The maximum Gasteiger partial charge on any atom is 0.332 e. The fraction of sp³-hybridized carbons (Fsp3) is 0.421. The smallest absolute Gasteiger partial charge is 0.332 e. The minimum Gasteiger partial charge on any atom is -0.464 e. The number of nitrogens with one attached hydrogen (secondary N) is 2. The summed E-state index contributed by atoms with van der Waals surface area (Å²) in [5, 5.41) is 2.76. The van der Waals surface area contributed by atoms with Gasteiger partial charge in [0.1, 0.15) is 28.9 Å². The van der Waals surface area contributed by atoms with E-state index in [0.29, 0.717) is 24.4 Å². The number of H-pyrrole nitrogens is 1. The standard InChI is InChI=1S/C19H22N6O5/c1-10-4-5-11(30-10)9-25-12(6-7-14(25)26)17(27)20-8-13-21-15-16(22-13)23(2)19(29)24(3)18(15)28/h4-5,12H,6-9H2,1-3H3,(H,20,27)(H,21,22). The number of hydrogen-bond donors (Lipinski definition) is 2. The number of amides is 2. The molecule has 3 aromatic rings. The highest BCUT2D eigenvalue weighted by atomic mass is 16.3. The second-order valence-electron chi connectivity index (χ2n) is 7.39. The van der Waals surface area contributed by atoms with Crippen molar-refractivity contribution in [1.82, 2.24) is 29.3 Å². The van der Waals surface area contributed by atoms with Crippen molar-refractivity contribution in [3.8, 4) is 0 Å². The molecule has 1 fully saturated rings. The highest BCUT2D eigenvalue weighted by Gasteiger charge is 2.36. The van der Waals surface area contributed by atoms with E-state index >= 15 is 0 Å². The quantitative estimate of drug-likeness (QED) is 0.587. The van der Waals surface area contributed by atoms with Gasteiger partial charge in [0.15, 0.2) is 5.65 Å². The molecule has 11 nitrogen and oxygen atoms in total. The molecule has 0 bridgehead atoms. The lowest BCUT2D eigenvalue weighted by molar-refractivity contribution is -0.136. The van der Waals surface area contributed by atoms with Gasteiger partial charge in [0.05, 0.1) is 13.1 Å². The van der Waals surface area contributed by atoms with Crippen molar-refractivity contribution < 1.29 is 14.0 Å². The molecular formula is C19H22N6O5. The lowest BCUT2D eigenvalue weighted by Gasteiger charge is -2.22. The molecular weight excluding hydrogens is 392 g/mol. The van der Waals surface area contributed by atoms with Gasteiger partial charge in [0.25, 0.3) is 5.56 Å². The number of fused-ring (bicyclic) bond motifs is 1. The predicted molar refractivity (Wildman–Crippen MR) is 105 cm³/mol. The van der Waals surface area contributed by atoms with Crippen LogP contribution in [0.15, 0.2) is 26.1 Å². The molecule has 3 aromatic heterocycles. The van der Waals surface area contributed by atoms with Gasteiger partial charge in [-0.1, -0.05) is 0 Å². The summed E-state index contributed by atoms with van der Waals surface area (Å²) in [5.74, 6) is 1.28. The first-order valence-electron chi connectivity index (χ1n) is 9.53. The van der Waals surface area contributed by atoms with Crippen LogP contribution in [0.5, 0.6) is 0 Å². The summed E-state index contributed by atoms with van der Waals surface area (Å²) >= 11 is 0. The van der Waals surface area contributed by atoms with Gasteiger partial charge in [-0.15, -0.1) is 0 Å². The number of hydrogen-bond acceptors (Lipinski definition) is 6. The third kappa shape index (κ3) is 3.31. The fourth-order valence-electron chi connectivity index (χ4n) is 3.69. The molecule has 4 rings (SSSR count). The molecule has 4 heterocycles. The summed E-state index contributed by atoms with van der Waals surface area (Å²) in [4.78, 5) is 57.9. The van der Waals surface area contributed by atoms with Crippen molar-refractivity contribution in [3.05, 3.63) is 50.3 Å². The fourth-order valence-corrected chi connectivity index (χ4v) is 3.69. The summed E-state index contributed by atoms with van der Waals surface area (Å²) in [6, 6.07) is 2.99. The Morgan fingerprint density at radius 3 is 2.73 bits per heavy atom. The van der Waals surface area contributed by atoms with Gasteiger partial charge < -0.3 is 19.6 Å². The molecule has 11 heteroatoms. The van der Waals surface area contributed by atoms with Crippen LogP contribution in [0.25, 0.3) is 11.2 Å². The van der Waals surface area contributed by atoms with Gasteiger partial charge in [0, 0.05) is 20.5 Å². The highest BCUT2D eigenvalue weighted by molar-refractivity contribution is 5.90. The molecule has 1 saturated heterocycles. The van der Waals surface area contributed by atoms with E-state index in [-0.39, 0.29) is 36.1 Å². The number of aryl methyl sites for hydroxylation is 2. The molecule has 0 radical (unpaired) electrons. The number of carbonyl (C=O) groups excluding carboxylic acids is 2. The number of carbonyl (C=O) groups is 2. The Morgan fingerprint density at radius 1 is 1.27 bits per heavy atom. The lowest BCUT2D eigenvalue weighted by Crippen LogP contribution is -2.44. The zero-order chi connectivity index (χ0) is 21.6. The number of nitrogens with zero attached hydrogens (tertiary/aromatic N) is 4. The first-order chi connectivity index (χ1) is 14.3. The largest absolute Gasteiger partial charge is 0.464 e. The van der Waals surface area contributed by atoms with Crippen LogP contribution in [0.2, 0.25) is 0 Å². The van der Waals surface area contributed by atoms with Gasteiger partial charge in [-0.3, -0.25) is 23.5 Å². The molecule has 30 heavy (non-hydrogen) atoms. The average Bonchev–Trinajstić information content (AvgIpc) is 3.43. The Labute approximate surface area is 170 Å². The van der Waals surface area contributed by atoms with E-state index < -0.39 is 17.3 Å². The van der Waals surface area contributed by atoms with Crippen molar-refractivity contribution in [2.24, 2.45) is 14.1 Å². The van der Waals surface area contributed by atoms with Gasteiger partial charge in [-0.2, -0.15) is 0 Å². The van der Waals surface area contributed by atoms with Crippen molar-refractivity contribution in [2.75, 3.05) is 0 Å². The molecule has 0 aliphatic carbocycles. The van der Waals surface area contributed by atoms with Gasteiger partial charge in [-0.25, -0.2) is 9.78 Å². The van der Waals surface area contributed by atoms with Crippen LogP contribution in [-0.2, 0) is 36.8 Å². The molecule has 0 saturated carbocycles.